The summed E-state index contributed by atoms with van der Waals surface area (Å²) in [5.41, 5.74) is 2.30. The molecule has 3 rings (SSSR count). The largest absolute Gasteiger partial charge is 0.493 e. The number of methoxy groups -OCH3 is 1. The highest BCUT2D eigenvalue weighted by molar-refractivity contribution is 6.35. The molecule has 0 bridgehead atoms. The minimum Gasteiger partial charge on any atom is -0.493 e. The van der Waals surface area contributed by atoms with Gasteiger partial charge in [-0.1, -0.05) is 42.3 Å². The van der Waals surface area contributed by atoms with Crippen LogP contribution in [0.15, 0.2) is 47.7 Å². The smallest absolute Gasteiger partial charge is 0.338 e. The van der Waals surface area contributed by atoms with E-state index in [9.17, 15) is 9.59 Å². The van der Waals surface area contributed by atoms with Gasteiger partial charge in [-0.15, -0.1) is 0 Å². The van der Waals surface area contributed by atoms with Gasteiger partial charge in [0.1, 0.15) is 6.61 Å². The van der Waals surface area contributed by atoms with Crippen molar-refractivity contribution in [2.75, 3.05) is 7.11 Å². The van der Waals surface area contributed by atoms with Crippen LogP contribution in [0.1, 0.15) is 44.4 Å². The van der Waals surface area contributed by atoms with Crippen LogP contribution in [0.25, 0.3) is 0 Å². The van der Waals surface area contributed by atoms with Gasteiger partial charge in [0.15, 0.2) is 11.5 Å². The number of urea groups is 1. The summed E-state index contributed by atoms with van der Waals surface area (Å²) >= 11 is 12.2. The fourth-order valence-corrected chi connectivity index (χ4v) is 3.91. The van der Waals surface area contributed by atoms with E-state index >= 15 is 0 Å². The van der Waals surface area contributed by atoms with E-state index < -0.39 is 18.0 Å². The molecule has 0 saturated carbocycles. The molecule has 176 valence electrons. The number of allylic oxidation sites excluding steroid dienone is 1. The molecule has 33 heavy (non-hydrogen) atoms. The molecular formula is C24H26Cl2N2O5. The van der Waals surface area contributed by atoms with Crippen LogP contribution in [0.4, 0.5) is 4.79 Å². The quantitative estimate of drug-likeness (QED) is 0.471. The maximum atomic E-state index is 12.9. The van der Waals surface area contributed by atoms with Crippen LogP contribution < -0.4 is 20.1 Å². The molecule has 2 aromatic carbocycles. The third kappa shape index (κ3) is 5.92. The Bertz CT molecular complexity index is 1080. The Labute approximate surface area is 203 Å². The number of nitrogens with one attached hydrogen (secondary N) is 2. The lowest BCUT2D eigenvalue weighted by Crippen LogP contribution is -2.46. The molecular weight excluding hydrogens is 467 g/mol. The van der Waals surface area contributed by atoms with Crippen molar-refractivity contribution in [1.29, 1.82) is 0 Å². The summed E-state index contributed by atoms with van der Waals surface area (Å²) in [5.74, 6) is 0.439. The van der Waals surface area contributed by atoms with Gasteiger partial charge in [0, 0.05) is 21.3 Å². The lowest BCUT2D eigenvalue weighted by Gasteiger charge is -2.30. The van der Waals surface area contributed by atoms with Gasteiger partial charge in [0.25, 0.3) is 0 Å². The Morgan fingerprint density at radius 3 is 2.52 bits per heavy atom. The van der Waals surface area contributed by atoms with Gasteiger partial charge in [-0.3, -0.25) is 0 Å². The summed E-state index contributed by atoms with van der Waals surface area (Å²) in [6.45, 7) is 5.62. The molecule has 0 saturated heterocycles. The second kappa shape index (κ2) is 10.8. The van der Waals surface area contributed by atoms with Crippen molar-refractivity contribution in [2.45, 2.75) is 45.9 Å². The Hall–Kier alpha value is -2.90. The van der Waals surface area contributed by atoms with Crippen LogP contribution in [-0.2, 0) is 16.1 Å². The summed E-state index contributed by atoms with van der Waals surface area (Å²) in [5, 5.41) is 6.56. The zero-order chi connectivity index (χ0) is 24.1. The zero-order valence-corrected chi connectivity index (χ0v) is 20.3. The van der Waals surface area contributed by atoms with Crippen LogP contribution in [-0.4, -0.2) is 25.2 Å². The van der Waals surface area contributed by atoms with Gasteiger partial charge < -0.3 is 24.8 Å². The van der Waals surface area contributed by atoms with Gasteiger partial charge in [-0.25, -0.2) is 9.59 Å². The van der Waals surface area contributed by atoms with E-state index in [-0.39, 0.29) is 12.7 Å². The van der Waals surface area contributed by atoms with Crippen molar-refractivity contribution in [3.63, 3.8) is 0 Å². The predicted octanol–water partition coefficient (Wildman–Crippen LogP) is 5.55. The number of hydrogen-bond donors (Lipinski definition) is 2. The lowest BCUT2D eigenvalue weighted by atomic mass is 9.94. The molecule has 2 amide bonds. The standard InChI is InChI=1S/C24H26Cl2N2O5/c1-5-18-21(23(29)33-13(2)3)22(28-24(30)27-18)14-7-9-19(20(10-14)31-4)32-12-15-6-8-16(25)11-17(15)26/h6-11,13,22H,5,12H2,1-4H3,(H2,27,28,30). The van der Waals surface area contributed by atoms with Crippen LogP contribution in [0.5, 0.6) is 11.5 Å². The first-order valence-corrected chi connectivity index (χ1v) is 11.2. The van der Waals surface area contributed by atoms with E-state index in [4.69, 9.17) is 37.4 Å². The van der Waals surface area contributed by atoms with E-state index in [0.717, 1.165) is 5.56 Å². The van der Waals surface area contributed by atoms with Crippen LogP contribution in [0, 0.1) is 0 Å². The first kappa shape index (κ1) is 24.7. The van der Waals surface area contributed by atoms with E-state index in [0.29, 0.717) is 44.8 Å². The van der Waals surface area contributed by atoms with Crippen molar-refractivity contribution in [3.8, 4) is 11.5 Å². The van der Waals surface area contributed by atoms with Crippen molar-refractivity contribution < 1.29 is 23.8 Å². The summed E-state index contributed by atoms with van der Waals surface area (Å²) in [6, 6.07) is 9.31. The van der Waals surface area contributed by atoms with Crippen LogP contribution in [0.3, 0.4) is 0 Å². The topological polar surface area (TPSA) is 85.9 Å². The number of carbonyl (C=O) groups excluding carboxylic acids is 2. The van der Waals surface area contributed by atoms with Crippen molar-refractivity contribution >= 4 is 35.2 Å². The highest BCUT2D eigenvalue weighted by Crippen LogP contribution is 2.36. The number of benzene rings is 2. The summed E-state index contributed by atoms with van der Waals surface area (Å²) in [6.07, 6.45) is 0.165. The zero-order valence-electron chi connectivity index (χ0n) is 18.8. The Balaban J connectivity index is 1.91. The number of esters is 1. The Kier molecular flexibility index (Phi) is 8.10. The normalized spacial score (nSPS) is 15.7. The monoisotopic (exact) mass is 492 g/mol. The summed E-state index contributed by atoms with van der Waals surface area (Å²) < 4.78 is 16.9. The highest BCUT2D eigenvalue weighted by Gasteiger charge is 2.34. The fourth-order valence-electron chi connectivity index (χ4n) is 3.44. The minimum atomic E-state index is -0.700. The molecule has 0 aliphatic carbocycles. The number of hydrogen-bond acceptors (Lipinski definition) is 5. The van der Waals surface area contributed by atoms with Crippen molar-refractivity contribution in [2.24, 2.45) is 0 Å². The molecule has 0 fully saturated rings. The number of carbonyl (C=O) groups is 2. The van der Waals surface area contributed by atoms with Gasteiger partial charge >= 0.3 is 12.0 Å². The van der Waals surface area contributed by atoms with Gasteiger partial charge in [0.2, 0.25) is 0 Å². The predicted molar refractivity (Wildman–Crippen MR) is 127 cm³/mol. The number of ether oxygens (including phenoxy) is 3. The minimum absolute atomic E-state index is 0.210. The van der Waals surface area contributed by atoms with E-state index in [1.54, 1.807) is 50.2 Å². The van der Waals surface area contributed by atoms with Crippen LogP contribution >= 0.6 is 23.2 Å². The maximum Gasteiger partial charge on any atom is 0.338 e. The van der Waals surface area contributed by atoms with Gasteiger partial charge in [-0.05, 0) is 50.1 Å². The van der Waals surface area contributed by atoms with Crippen molar-refractivity contribution in [3.05, 3.63) is 68.8 Å². The fraction of sp³-hybridized carbons (Fsp3) is 0.333. The average Bonchev–Trinajstić information content (AvgIpc) is 2.77. The first-order chi connectivity index (χ1) is 15.7. The second-order valence-corrected chi connectivity index (χ2v) is 8.51. The Morgan fingerprint density at radius 2 is 1.88 bits per heavy atom. The molecule has 0 spiro atoms. The highest BCUT2D eigenvalue weighted by atomic mass is 35.5. The molecule has 2 aromatic rings. The molecule has 1 aliphatic rings. The third-order valence-electron chi connectivity index (χ3n) is 4.99. The van der Waals surface area contributed by atoms with Crippen molar-refractivity contribution in [1.82, 2.24) is 10.6 Å². The number of rotatable bonds is 8. The molecule has 2 N–H and O–H groups in total. The molecule has 1 unspecified atom stereocenters. The number of halogens is 2. The molecule has 0 aromatic heterocycles. The van der Waals surface area contributed by atoms with Crippen LogP contribution in [0.2, 0.25) is 10.0 Å². The van der Waals surface area contributed by atoms with E-state index in [2.05, 4.69) is 10.6 Å². The molecule has 1 atom stereocenters. The second-order valence-electron chi connectivity index (χ2n) is 7.67. The molecule has 7 nitrogen and oxygen atoms in total. The van der Waals surface area contributed by atoms with E-state index in [1.807, 2.05) is 6.92 Å². The third-order valence-corrected chi connectivity index (χ3v) is 5.58. The lowest BCUT2D eigenvalue weighted by molar-refractivity contribution is -0.143. The first-order valence-electron chi connectivity index (χ1n) is 10.5. The SMILES string of the molecule is CCC1=C(C(=O)OC(C)C)C(c2ccc(OCc3ccc(Cl)cc3Cl)c(OC)c2)NC(=O)N1. The Morgan fingerprint density at radius 1 is 1.12 bits per heavy atom. The molecule has 9 heteroatoms. The summed E-state index contributed by atoms with van der Waals surface area (Å²) in [4.78, 5) is 25.1. The summed E-state index contributed by atoms with van der Waals surface area (Å²) in [7, 11) is 1.52. The molecule has 1 heterocycles. The van der Waals surface area contributed by atoms with Gasteiger partial charge in [-0.2, -0.15) is 0 Å². The van der Waals surface area contributed by atoms with Gasteiger partial charge in [0.05, 0.1) is 24.8 Å². The average molecular weight is 493 g/mol. The molecule has 0 radical (unpaired) electrons. The molecule has 1 aliphatic heterocycles. The number of amides is 2. The van der Waals surface area contributed by atoms with E-state index in [1.165, 1.54) is 7.11 Å². The maximum absolute atomic E-state index is 12.9.